The van der Waals surface area contributed by atoms with E-state index in [9.17, 15) is 14.9 Å². The molecule has 132 valence electrons. The maximum atomic E-state index is 11.6. The molecule has 1 atom stereocenters. The number of methoxy groups -OCH3 is 1. The van der Waals surface area contributed by atoms with Gasteiger partial charge in [0.2, 0.25) is 5.82 Å². The number of hydrogen-bond acceptors (Lipinski definition) is 8. The van der Waals surface area contributed by atoms with Gasteiger partial charge < -0.3 is 9.64 Å². The molecule has 0 radical (unpaired) electrons. The van der Waals surface area contributed by atoms with Crippen LogP contribution in [0.25, 0.3) is 0 Å². The predicted molar refractivity (Wildman–Crippen MR) is 87.2 cm³/mol. The lowest BCUT2D eigenvalue weighted by atomic mass is 9.98. The molecule has 3 heterocycles. The van der Waals surface area contributed by atoms with Crippen molar-refractivity contribution in [2.75, 3.05) is 25.1 Å². The normalized spacial score (nSPS) is 17.3. The number of carbonyl (C=O) groups excluding carboxylic acids is 1. The Morgan fingerprint density at radius 1 is 1.52 bits per heavy atom. The number of esters is 1. The second kappa shape index (κ2) is 7.24. The standard InChI is InChI=1S/C15H18N6O4/c1-25-15(22)12-5-13(21(23)24)14(17-6-12)19-4-2-3-11(7-19)8-20-10-16-9-18-20/h5-6,9-11H,2-4,7-8H2,1H3. The van der Waals surface area contributed by atoms with Crippen LogP contribution < -0.4 is 4.90 Å². The number of rotatable bonds is 5. The van der Waals surface area contributed by atoms with E-state index in [4.69, 9.17) is 0 Å². The number of aromatic nitrogens is 4. The number of anilines is 1. The van der Waals surface area contributed by atoms with Gasteiger partial charge in [0.25, 0.3) is 0 Å². The van der Waals surface area contributed by atoms with Gasteiger partial charge >= 0.3 is 11.7 Å². The average molecular weight is 346 g/mol. The third-order valence-electron chi connectivity index (χ3n) is 4.20. The highest BCUT2D eigenvalue weighted by Gasteiger charge is 2.28. The Morgan fingerprint density at radius 3 is 3.04 bits per heavy atom. The minimum atomic E-state index is -0.648. The van der Waals surface area contributed by atoms with E-state index in [2.05, 4.69) is 19.8 Å². The van der Waals surface area contributed by atoms with E-state index >= 15 is 0 Å². The zero-order valence-electron chi connectivity index (χ0n) is 13.7. The van der Waals surface area contributed by atoms with Gasteiger partial charge in [-0.15, -0.1) is 0 Å². The molecule has 25 heavy (non-hydrogen) atoms. The first-order valence-electron chi connectivity index (χ1n) is 7.88. The third kappa shape index (κ3) is 3.73. The number of nitrogens with zero attached hydrogens (tertiary/aromatic N) is 6. The number of pyridine rings is 1. The largest absolute Gasteiger partial charge is 0.465 e. The van der Waals surface area contributed by atoms with Crippen molar-refractivity contribution in [1.29, 1.82) is 0 Å². The second-order valence-corrected chi connectivity index (χ2v) is 5.89. The van der Waals surface area contributed by atoms with Crippen LogP contribution in [0, 0.1) is 16.0 Å². The Morgan fingerprint density at radius 2 is 2.36 bits per heavy atom. The predicted octanol–water partition coefficient (Wildman–Crippen LogP) is 1.28. The fraction of sp³-hybridized carbons (Fsp3) is 0.467. The second-order valence-electron chi connectivity index (χ2n) is 5.89. The van der Waals surface area contributed by atoms with Crippen molar-refractivity contribution < 1.29 is 14.5 Å². The molecule has 3 rings (SSSR count). The van der Waals surface area contributed by atoms with Crippen LogP contribution in [0.5, 0.6) is 0 Å². The number of nitro groups is 1. The van der Waals surface area contributed by atoms with E-state index in [0.29, 0.717) is 19.6 Å². The highest BCUT2D eigenvalue weighted by molar-refractivity contribution is 5.90. The Balaban J connectivity index is 1.82. The topological polar surface area (TPSA) is 116 Å². The Hall–Kier alpha value is -3.04. The van der Waals surface area contributed by atoms with Gasteiger partial charge in [0.15, 0.2) is 0 Å². The lowest BCUT2D eigenvalue weighted by molar-refractivity contribution is -0.384. The number of hydrogen-bond donors (Lipinski definition) is 0. The van der Waals surface area contributed by atoms with Crippen LogP contribution in [0.1, 0.15) is 23.2 Å². The summed E-state index contributed by atoms with van der Waals surface area (Å²) >= 11 is 0. The fourth-order valence-electron chi connectivity index (χ4n) is 3.05. The van der Waals surface area contributed by atoms with Crippen LogP contribution in [0.2, 0.25) is 0 Å². The zero-order chi connectivity index (χ0) is 17.8. The van der Waals surface area contributed by atoms with Crippen molar-refractivity contribution in [3.05, 3.63) is 40.6 Å². The van der Waals surface area contributed by atoms with Gasteiger partial charge in [0, 0.05) is 31.9 Å². The first-order valence-corrected chi connectivity index (χ1v) is 7.88. The van der Waals surface area contributed by atoms with Crippen molar-refractivity contribution >= 4 is 17.5 Å². The minimum Gasteiger partial charge on any atom is -0.465 e. The summed E-state index contributed by atoms with van der Waals surface area (Å²) in [5.74, 6) is -0.0806. The first-order chi connectivity index (χ1) is 12.1. The molecule has 0 aromatic carbocycles. The summed E-state index contributed by atoms with van der Waals surface area (Å²) in [5.41, 5.74) is -0.126. The monoisotopic (exact) mass is 346 g/mol. The van der Waals surface area contributed by atoms with Gasteiger partial charge in [-0.05, 0) is 18.8 Å². The summed E-state index contributed by atoms with van der Waals surface area (Å²) < 4.78 is 6.36. The molecule has 2 aromatic rings. The zero-order valence-corrected chi connectivity index (χ0v) is 13.7. The van der Waals surface area contributed by atoms with Crippen molar-refractivity contribution in [3.63, 3.8) is 0 Å². The van der Waals surface area contributed by atoms with Crippen molar-refractivity contribution in [3.8, 4) is 0 Å². The van der Waals surface area contributed by atoms with E-state index in [1.807, 2.05) is 4.90 Å². The molecule has 1 aliphatic heterocycles. The molecule has 10 heteroatoms. The Bertz CT molecular complexity index is 763. The highest BCUT2D eigenvalue weighted by atomic mass is 16.6. The fourth-order valence-corrected chi connectivity index (χ4v) is 3.05. The highest BCUT2D eigenvalue weighted by Crippen LogP contribution is 2.30. The first kappa shape index (κ1) is 16.8. The summed E-state index contributed by atoms with van der Waals surface area (Å²) in [5, 5.41) is 15.5. The van der Waals surface area contributed by atoms with Gasteiger partial charge in [0.05, 0.1) is 17.6 Å². The van der Waals surface area contributed by atoms with Gasteiger partial charge in [0.1, 0.15) is 12.7 Å². The molecule has 2 aromatic heterocycles. The number of carbonyl (C=O) groups is 1. The lowest BCUT2D eigenvalue weighted by Crippen LogP contribution is -2.38. The summed E-state index contributed by atoms with van der Waals surface area (Å²) in [6.45, 7) is 2.01. The lowest BCUT2D eigenvalue weighted by Gasteiger charge is -2.33. The van der Waals surface area contributed by atoms with E-state index in [1.165, 1.54) is 25.7 Å². The molecule has 0 saturated carbocycles. The van der Waals surface area contributed by atoms with Gasteiger partial charge in [-0.1, -0.05) is 0 Å². The molecule has 0 amide bonds. The van der Waals surface area contributed by atoms with Gasteiger partial charge in [-0.25, -0.2) is 14.8 Å². The quantitative estimate of drug-likeness (QED) is 0.451. The Labute approximate surface area is 143 Å². The minimum absolute atomic E-state index is 0.0640. The molecule has 10 nitrogen and oxygen atoms in total. The van der Waals surface area contributed by atoms with Crippen molar-refractivity contribution in [1.82, 2.24) is 19.7 Å². The van der Waals surface area contributed by atoms with E-state index in [0.717, 1.165) is 12.8 Å². The molecule has 0 bridgehead atoms. The molecule has 1 unspecified atom stereocenters. The van der Waals surface area contributed by atoms with Crippen LogP contribution in [0.15, 0.2) is 24.9 Å². The van der Waals surface area contributed by atoms with E-state index in [-0.39, 0.29) is 23.0 Å². The third-order valence-corrected chi connectivity index (χ3v) is 4.20. The molecular formula is C15H18N6O4. The number of piperidine rings is 1. The van der Waals surface area contributed by atoms with Crippen LogP contribution >= 0.6 is 0 Å². The smallest absolute Gasteiger partial charge is 0.339 e. The summed E-state index contributed by atoms with van der Waals surface area (Å²) in [7, 11) is 1.22. The summed E-state index contributed by atoms with van der Waals surface area (Å²) in [6.07, 6.45) is 6.36. The Kier molecular flexibility index (Phi) is 4.87. The average Bonchev–Trinajstić information content (AvgIpc) is 3.13. The van der Waals surface area contributed by atoms with Crippen molar-refractivity contribution in [2.24, 2.45) is 5.92 Å². The molecule has 1 aliphatic rings. The van der Waals surface area contributed by atoms with E-state index in [1.54, 1.807) is 11.0 Å². The maximum Gasteiger partial charge on any atom is 0.339 e. The molecule has 1 saturated heterocycles. The summed E-state index contributed by atoms with van der Waals surface area (Å²) in [4.78, 5) is 32.5. The summed E-state index contributed by atoms with van der Waals surface area (Å²) in [6, 6.07) is 1.22. The molecule has 0 spiro atoms. The SMILES string of the molecule is COC(=O)c1cnc(N2CCCC(Cn3cncn3)C2)c([N+](=O)[O-])c1. The van der Waals surface area contributed by atoms with Gasteiger partial charge in [-0.3, -0.25) is 14.8 Å². The molecular weight excluding hydrogens is 328 g/mol. The van der Waals surface area contributed by atoms with Crippen LogP contribution in [-0.4, -0.2) is 50.8 Å². The molecule has 0 aliphatic carbocycles. The van der Waals surface area contributed by atoms with Crippen molar-refractivity contribution in [2.45, 2.75) is 19.4 Å². The van der Waals surface area contributed by atoms with Crippen LogP contribution in [-0.2, 0) is 11.3 Å². The number of ether oxygens (including phenoxy) is 1. The van der Waals surface area contributed by atoms with Crippen LogP contribution in [0.4, 0.5) is 11.5 Å². The molecule has 1 fully saturated rings. The van der Waals surface area contributed by atoms with Crippen LogP contribution in [0.3, 0.4) is 0 Å². The molecule has 0 N–H and O–H groups in total. The van der Waals surface area contributed by atoms with E-state index < -0.39 is 10.9 Å². The maximum absolute atomic E-state index is 11.6. The van der Waals surface area contributed by atoms with Gasteiger partial charge in [-0.2, -0.15) is 5.10 Å².